The van der Waals surface area contributed by atoms with Crippen molar-refractivity contribution in [3.8, 4) is 0 Å². The molecular formula is C17H23N3O2. The number of nitrogens with one attached hydrogen (secondary N) is 1. The minimum absolute atomic E-state index is 0.141. The molecule has 1 atom stereocenters. The molecule has 0 aliphatic rings. The first-order valence-corrected chi connectivity index (χ1v) is 7.43. The molecule has 5 heteroatoms. The zero-order valence-electron chi connectivity index (χ0n) is 13.5. The molecule has 22 heavy (non-hydrogen) atoms. The van der Waals surface area contributed by atoms with Crippen LogP contribution in [0.15, 0.2) is 36.5 Å². The summed E-state index contributed by atoms with van der Waals surface area (Å²) in [6.45, 7) is 7.73. The third-order valence-electron chi connectivity index (χ3n) is 3.77. The Morgan fingerprint density at radius 3 is 2.55 bits per heavy atom. The lowest BCUT2D eigenvalue weighted by molar-refractivity contribution is 0.0526. The van der Waals surface area contributed by atoms with Gasteiger partial charge in [0, 0.05) is 11.7 Å². The SMILES string of the molecule is Cc1c(C(=O)NCC(C)(O)c2ccccc2)cnn1C(C)C. The van der Waals surface area contributed by atoms with Crippen molar-refractivity contribution in [2.24, 2.45) is 0 Å². The average Bonchev–Trinajstić information content (AvgIpc) is 2.88. The van der Waals surface area contributed by atoms with Gasteiger partial charge >= 0.3 is 0 Å². The summed E-state index contributed by atoms with van der Waals surface area (Å²) in [5.74, 6) is -0.222. The smallest absolute Gasteiger partial charge is 0.254 e. The zero-order valence-corrected chi connectivity index (χ0v) is 13.5. The van der Waals surface area contributed by atoms with Gasteiger partial charge in [-0.2, -0.15) is 5.10 Å². The summed E-state index contributed by atoms with van der Waals surface area (Å²) in [7, 11) is 0. The van der Waals surface area contributed by atoms with Crippen molar-refractivity contribution in [2.45, 2.75) is 39.3 Å². The van der Waals surface area contributed by atoms with Gasteiger partial charge in [-0.1, -0.05) is 30.3 Å². The summed E-state index contributed by atoms with van der Waals surface area (Å²) in [4.78, 5) is 12.3. The predicted molar refractivity (Wildman–Crippen MR) is 85.7 cm³/mol. The number of amides is 1. The van der Waals surface area contributed by atoms with Crippen LogP contribution >= 0.6 is 0 Å². The van der Waals surface area contributed by atoms with E-state index in [2.05, 4.69) is 10.4 Å². The zero-order chi connectivity index (χ0) is 16.3. The summed E-state index contributed by atoms with van der Waals surface area (Å²) in [6, 6.07) is 9.50. The first kappa shape index (κ1) is 16.2. The van der Waals surface area contributed by atoms with Crippen LogP contribution in [0.25, 0.3) is 0 Å². The molecule has 0 aliphatic heterocycles. The Bertz CT molecular complexity index is 645. The fourth-order valence-electron chi connectivity index (χ4n) is 2.41. The minimum atomic E-state index is -1.11. The Kier molecular flexibility index (Phi) is 4.66. The molecule has 1 amide bonds. The normalized spacial score (nSPS) is 13.9. The van der Waals surface area contributed by atoms with Crippen LogP contribution in [-0.2, 0) is 5.60 Å². The Labute approximate surface area is 131 Å². The molecule has 1 aromatic carbocycles. The maximum Gasteiger partial charge on any atom is 0.254 e. The fraction of sp³-hybridized carbons (Fsp3) is 0.412. The van der Waals surface area contributed by atoms with Crippen molar-refractivity contribution in [1.82, 2.24) is 15.1 Å². The van der Waals surface area contributed by atoms with Crippen molar-refractivity contribution < 1.29 is 9.90 Å². The molecular weight excluding hydrogens is 278 g/mol. The molecule has 0 saturated heterocycles. The molecule has 118 valence electrons. The third kappa shape index (κ3) is 3.36. The van der Waals surface area contributed by atoms with Crippen LogP contribution in [0.4, 0.5) is 0 Å². The number of hydrogen-bond donors (Lipinski definition) is 2. The summed E-state index contributed by atoms with van der Waals surface area (Å²) in [5.41, 5.74) is 1.02. The molecule has 0 radical (unpaired) electrons. The number of carbonyl (C=O) groups excluding carboxylic acids is 1. The molecule has 0 bridgehead atoms. The topological polar surface area (TPSA) is 67.2 Å². The second-order valence-corrected chi connectivity index (χ2v) is 6.00. The van der Waals surface area contributed by atoms with Crippen LogP contribution in [0.2, 0.25) is 0 Å². The maximum absolute atomic E-state index is 12.3. The van der Waals surface area contributed by atoms with Crippen LogP contribution in [0, 0.1) is 6.92 Å². The quantitative estimate of drug-likeness (QED) is 0.891. The Morgan fingerprint density at radius 1 is 1.36 bits per heavy atom. The lowest BCUT2D eigenvalue weighted by Gasteiger charge is -2.24. The lowest BCUT2D eigenvalue weighted by atomic mass is 9.96. The number of hydrogen-bond acceptors (Lipinski definition) is 3. The van der Waals surface area contributed by atoms with E-state index in [-0.39, 0.29) is 18.5 Å². The molecule has 0 spiro atoms. The van der Waals surface area contributed by atoms with Gasteiger partial charge in [0.05, 0.1) is 18.3 Å². The van der Waals surface area contributed by atoms with Crippen LogP contribution < -0.4 is 5.32 Å². The van der Waals surface area contributed by atoms with Crippen molar-refractivity contribution in [3.05, 3.63) is 53.3 Å². The Balaban J connectivity index is 2.07. The lowest BCUT2D eigenvalue weighted by Crippen LogP contribution is -2.38. The number of nitrogens with zero attached hydrogens (tertiary/aromatic N) is 2. The highest BCUT2D eigenvalue weighted by atomic mass is 16.3. The van der Waals surface area contributed by atoms with E-state index in [0.717, 1.165) is 11.3 Å². The van der Waals surface area contributed by atoms with Crippen molar-refractivity contribution in [1.29, 1.82) is 0 Å². The highest BCUT2D eigenvalue weighted by Crippen LogP contribution is 2.19. The summed E-state index contributed by atoms with van der Waals surface area (Å²) < 4.78 is 1.81. The van der Waals surface area contributed by atoms with Gasteiger partial charge in [-0.3, -0.25) is 9.48 Å². The van der Waals surface area contributed by atoms with E-state index in [1.54, 1.807) is 13.1 Å². The van der Waals surface area contributed by atoms with E-state index >= 15 is 0 Å². The molecule has 1 heterocycles. The molecule has 2 aromatic rings. The standard InChI is InChI=1S/C17H23N3O2/c1-12(2)20-13(3)15(10-19-20)16(21)18-11-17(4,22)14-8-6-5-7-9-14/h5-10,12,22H,11H2,1-4H3,(H,18,21). The van der Waals surface area contributed by atoms with Crippen LogP contribution in [0.3, 0.4) is 0 Å². The fourth-order valence-corrected chi connectivity index (χ4v) is 2.41. The average molecular weight is 301 g/mol. The number of carbonyl (C=O) groups is 1. The van der Waals surface area contributed by atoms with E-state index in [9.17, 15) is 9.90 Å². The second-order valence-electron chi connectivity index (χ2n) is 6.00. The van der Waals surface area contributed by atoms with Crippen molar-refractivity contribution in [2.75, 3.05) is 6.54 Å². The van der Waals surface area contributed by atoms with Gasteiger partial charge in [-0.15, -0.1) is 0 Å². The number of aliphatic hydroxyl groups is 1. The Hall–Kier alpha value is -2.14. The number of aromatic nitrogens is 2. The van der Waals surface area contributed by atoms with E-state index < -0.39 is 5.60 Å². The number of rotatable bonds is 5. The first-order chi connectivity index (χ1) is 10.3. The molecule has 0 saturated carbocycles. The van der Waals surface area contributed by atoms with Gasteiger partial charge in [-0.05, 0) is 33.3 Å². The van der Waals surface area contributed by atoms with Gasteiger partial charge in [0.15, 0.2) is 0 Å². The van der Waals surface area contributed by atoms with Gasteiger partial charge in [-0.25, -0.2) is 0 Å². The third-order valence-corrected chi connectivity index (χ3v) is 3.77. The van der Waals surface area contributed by atoms with Gasteiger partial charge in [0.25, 0.3) is 5.91 Å². The first-order valence-electron chi connectivity index (χ1n) is 7.43. The van der Waals surface area contributed by atoms with E-state index in [1.165, 1.54) is 0 Å². The van der Waals surface area contributed by atoms with Gasteiger partial charge < -0.3 is 10.4 Å². The highest BCUT2D eigenvalue weighted by Gasteiger charge is 2.24. The van der Waals surface area contributed by atoms with Crippen LogP contribution in [0.5, 0.6) is 0 Å². The molecule has 5 nitrogen and oxygen atoms in total. The number of benzene rings is 1. The molecule has 1 unspecified atom stereocenters. The second kappa shape index (κ2) is 6.32. The van der Waals surface area contributed by atoms with Crippen LogP contribution in [-0.4, -0.2) is 27.3 Å². The van der Waals surface area contributed by atoms with Gasteiger partial charge in [0.1, 0.15) is 5.60 Å². The molecule has 2 N–H and O–H groups in total. The largest absolute Gasteiger partial charge is 0.384 e. The molecule has 2 rings (SSSR count). The summed E-state index contributed by atoms with van der Waals surface area (Å²) >= 11 is 0. The van der Waals surface area contributed by atoms with Crippen molar-refractivity contribution >= 4 is 5.91 Å². The summed E-state index contributed by atoms with van der Waals surface area (Å²) in [5, 5.41) is 17.5. The van der Waals surface area contributed by atoms with Crippen molar-refractivity contribution in [3.63, 3.8) is 0 Å². The molecule has 1 aromatic heterocycles. The minimum Gasteiger partial charge on any atom is -0.384 e. The maximum atomic E-state index is 12.3. The monoisotopic (exact) mass is 301 g/mol. The molecule has 0 aliphatic carbocycles. The van der Waals surface area contributed by atoms with Crippen LogP contribution in [0.1, 0.15) is 48.4 Å². The van der Waals surface area contributed by atoms with Gasteiger partial charge in [0.2, 0.25) is 0 Å². The van der Waals surface area contributed by atoms with E-state index in [4.69, 9.17) is 0 Å². The highest BCUT2D eigenvalue weighted by molar-refractivity contribution is 5.95. The van der Waals surface area contributed by atoms with E-state index in [0.29, 0.717) is 5.56 Å². The molecule has 0 fully saturated rings. The predicted octanol–water partition coefficient (Wildman–Crippen LogP) is 2.41. The summed E-state index contributed by atoms with van der Waals surface area (Å²) in [6.07, 6.45) is 1.57. The Morgan fingerprint density at radius 2 is 2.00 bits per heavy atom. The van der Waals surface area contributed by atoms with E-state index in [1.807, 2.05) is 55.8 Å².